The van der Waals surface area contributed by atoms with Crippen LogP contribution in [0.5, 0.6) is 0 Å². The fraction of sp³-hybridized carbons (Fsp3) is 0.162. The maximum atomic E-state index is 12.5. The van der Waals surface area contributed by atoms with E-state index in [4.69, 9.17) is 0 Å². The zero-order valence-corrected chi connectivity index (χ0v) is 30.2. The van der Waals surface area contributed by atoms with Crippen LogP contribution >= 0.6 is 0 Å². The fourth-order valence-electron chi connectivity index (χ4n) is 5.87. The summed E-state index contributed by atoms with van der Waals surface area (Å²) in [6.45, 7) is 5.71. The monoisotopic (exact) mass is 748 g/mol. The highest BCUT2D eigenvalue weighted by atomic mass is 32.2. The average molecular weight is 749 g/mol. The lowest BCUT2D eigenvalue weighted by Gasteiger charge is -2.24. The van der Waals surface area contributed by atoms with Crippen LogP contribution in [-0.4, -0.2) is 62.3 Å². The van der Waals surface area contributed by atoms with Crippen molar-refractivity contribution in [2.75, 3.05) is 18.0 Å². The summed E-state index contributed by atoms with van der Waals surface area (Å²) in [6.07, 6.45) is 7.41. The molecule has 0 saturated carbocycles. The molecule has 2 N–H and O–H groups in total. The van der Waals surface area contributed by atoms with Gasteiger partial charge in [0.25, 0.3) is 20.2 Å². The van der Waals surface area contributed by atoms with Crippen LogP contribution in [0.15, 0.2) is 142 Å². The number of benzene rings is 4. The van der Waals surface area contributed by atoms with E-state index in [-0.39, 0.29) is 20.2 Å². The number of hydrogen-bond acceptors (Lipinski definition) is 8. The topological polar surface area (TPSA) is 172 Å². The van der Waals surface area contributed by atoms with Crippen molar-refractivity contribution < 1.29 is 43.5 Å². The van der Waals surface area contributed by atoms with E-state index >= 15 is 0 Å². The summed E-state index contributed by atoms with van der Waals surface area (Å²) < 4.78 is 105. The molecular formula is C37H36N2O9S3. The molecule has 266 valence electrons. The molecule has 11 nitrogen and oxygen atoms in total. The van der Waals surface area contributed by atoms with Crippen LogP contribution in [0.25, 0.3) is 5.57 Å². The molecule has 1 aliphatic rings. The van der Waals surface area contributed by atoms with E-state index < -0.39 is 30.4 Å². The van der Waals surface area contributed by atoms with E-state index in [1.807, 2.05) is 71.9 Å². The van der Waals surface area contributed by atoms with Crippen LogP contribution in [0.4, 0.5) is 5.69 Å². The van der Waals surface area contributed by atoms with E-state index in [0.29, 0.717) is 54.0 Å². The van der Waals surface area contributed by atoms with Crippen LogP contribution in [0.3, 0.4) is 0 Å². The lowest BCUT2D eigenvalue weighted by Crippen LogP contribution is -2.22. The Morgan fingerprint density at radius 3 is 1.90 bits per heavy atom. The second-order valence-corrected chi connectivity index (χ2v) is 15.9. The Kier molecular flexibility index (Phi) is 11.2. The zero-order valence-electron chi connectivity index (χ0n) is 27.7. The minimum atomic E-state index is -4.61. The zero-order chi connectivity index (χ0) is 37.0. The Labute approximate surface area is 298 Å². The maximum absolute atomic E-state index is 12.5. The molecule has 14 heteroatoms. The van der Waals surface area contributed by atoms with Crippen LogP contribution in [0.1, 0.15) is 36.1 Å². The van der Waals surface area contributed by atoms with Gasteiger partial charge in [0.15, 0.2) is 12.3 Å². The molecule has 0 heterocycles. The molecule has 0 fully saturated rings. The van der Waals surface area contributed by atoms with Gasteiger partial charge < -0.3 is 9.45 Å². The van der Waals surface area contributed by atoms with Gasteiger partial charge in [-0.05, 0) is 90.7 Å². The molecule has 0 amide bonds. The first-order valence-corrected chi connectivity index (χ1v) is 20.1. The third-order valence-electron chi connectivity index (χ3n) is 8.37. The van der Waals surface area contributed by atoms with Gasteiger partial charge in [-0.1, -0.05) is 54.6 Å². The molecule has 4 aromatic carbocycles. The van der Waals surface area contributed by atoms with Crippen molar-refractivity contribution in [3.8, 4) is 0 Å². The standard InChI is InChI=1S/C37H36N2O9S3/c1-3-38(25-27-9-7-11-33(23-27)49(40,41)42)31-19-15-29(16-20-31)37(35-13-5-6-14-36(35)51(46,47)48)30-17-21-32(22-18-30)39(4-2)26-28-10-8-12-34(24-28)50(43,44)45/h5-24H,3-4,25-26H2,1-2H3,(H2-,40,41,42,43,44,45,46,47,48). The summed E-state index contributed by atoms with van der Waals surface area (Å²) in [7, 11) is -13.6. The Morgan fingerprint density at radius 1 is 0.706 bits per heavy atom. The minimum Gasteiger partial charge on any atom is -0.744 e. The first-order valence-electron chi connectivity index (χ1n) is 15.8. The molecular weight excluding hydrogens is 713 g/mol. The molecule has 0 saturated heterocycles. The molecule has 0 radical (unpaired) electrons. The van der Waals surface area contributed by atoms with E-state index in [9.17, 15) is 38.9 Å². The molecule has 0 unspecified atom stereocenters. The van der Waals surface area contributed by atoms with Crippen molar-refractivity contribution >= 4 is 47.3 Å². The lowest BCUT2D eigenvalue weighted by molar-refractivity contribution is -0.539. The first-order chi connectivity index (χ1) is 24.1. The van der Waals surface area contributed by atoms with Crippen molar-refractivity contribution in [2.24, 2.45) is 0 Å². The molecule has 0 aromatic heterocycles. The molecule has 51 heavy (non-hydrogen) atoms. The predicted octanol–water partition coefficient (Wildman–Crippen LogP) is 5.71. The third-order valence-corrected chi connectivity index (χ3v) is 11.0. The Morgan fingerprint density at radius 2 is 1.31 bits per heavy atom. The van der Waals surface area contributed by atoms with Gasteiger partial charge in [0.2, 0.25) is 0 Å². The summed E-state index contributed by atoms with van der Waals surface area (Å²) in [6, 6.07) is 25.5. The van der Waals surface area contributed by atoms with Gasteiger partial charge in [-0.2, -0.15) is 16.8 Å². The van der Waals surface area contributed by atoms with Crippen LogP contribution in [0.2, 0.25) is 0 Å². The lowest BCUT2D eigenvalue weighted by atomic mass is 9.90. The fourth-order valence-corrected chi connectivity index (χ4v) is 7.66. The summed E-state index contributed by atoms with van der Waals surface area (Å²) in [5.74, 6) is 0. The summed E-state index contributed by atoms with van der Waals surface area (Å²) in [5, 5.41) is 0. The highest BCUT2D eigenvalue weighted by Crippen LogP contribution is 2.35. The number of nitrogens with zero attached hydrogens (tertiary/aromatic N) is 2. The van der Waals surface area contributed by atoms with E-state index in [1.165, 1.54) is 42.5 Å². The van der Waals surface area contributed by atoms with Gasteiger partial charge >= 0.3 is 0 Å². The van der Waals surface area contributed by atoms with E-state index in [1.54, 1.807) is 30.3 Å². The predicted molar refractivity (Wildman–Crippen MR) is 194 cm³/mol. The Hall–Kier alpha value is -4.70. The number of anilines is 1. The summed E-state index contributed by atoms with van der Waals surface area (Å²) >= 11 is 0. The average Bonchev–Trinajstić information content (AvgIpc) is 3.10. The summed E-state index contributed by atoms with van der Waals surface area (Å²) in [4.78, 5) is 1.24. The van der Waals surface area contributed by atoms with Crippen LogP contribution in [0, 0.1) is 0 Å². The van der Waals surface area contributed by atoms with Gasteiger partial charge in [0.05, 0.1) is 9.79 Å². The van der Waals surface area contributed by atoms with E-state index in [0.717, 1.165) is 11.4 Å². The van der Waals surface area contributed by atoms with Crippen LogP contribution in [-0.2, 0) is 43.4 Å². The van der Waals surface area contributed by atoms with Gasteiger partial charge in [-0.3, -0.25) is 9.11 Å². The highest BCUT2D eigenvalue weighted by Gasteiger charge is 2.22. The van der Waals surface area contributed by atoms with Crippen molar-refractivity contribution in [1.29, 1.82) is 0 Å². The van der Waals surface area contributed by atoms with Crippen molar-refractivity contribution in [3.05, 3.63) is 149 Å². The van der Waals surface area contributed by atoms with Crippen molar-refractivity contribution in [3.63, 3.8) is 0 Å². The van der Waals surface area contributed by atoms with Gasteiger partial charge in [0.1, 0.15) is 21.6 Å². The third kappa shape index (κ3) is 9.16. The van der Waals surface area contributed by atoms with Gasteiger partial charge in [-0.25, -0.2) is 13.0 Å². The first kappa shape index (κ1) is 37.6. The normalized spacial score (nSPS) is 13.4. The van der Waals surface area contributed by atoms with Gasteiger partial charge in [0, 0.05) is 42.1 Å². The van der Waals surface area contributed by atoms with Gasteiger partial charge in [-0.15, -0.1) is 0 Å². The Bertz CT molecular complexity index is 2400. The molecule has 5 rings (SSSR count). The molecule has 0 atom stereocenters. The molecule has 4 aromatic rings. The van der Waals surface area contributed by atoms with Crippen molar-refractivity contribution in [2.45, 2.75) is 41.6 Å². The molecule has 1 aliphatic carbocycles. The minimum absolute atomic E-state index is 0.194. The smallest absolute Gasteiger partial charge is 0.295 e. The molecule has 0 bridgehead atoms. The van der Waals surface area contributed by atoms with Crippen LogP contribution < -0.4 is 4.90 Å². The second kappa shape index (κ2) is 15.3. The number of allylic oxidation sites excluding steroid dienone is 5. The quantitative estimate of drug-likeness (QED) is 0.135. The van der Waals surface area contributed by atoms with Crippen molar-refractivity contribution in [1.82, 2.24) is 0 Å². The maximum Gasteiger partial charge on any atom is 0.295 e. The summed E-state index contributed by atoms with van der Waals surface area (Å²) in [5.41, 5.74) is 5.08. The second-order valence-electron chi connectivity index (χ2n) is 11.7. The largest absolute Gasteiger partial charge is 0.744 e. The van der Waals surface area contributed by atoms with E-state index in [2.05, 4.69) is 0 Å². The molecule has 0 aliphatic heterocycles. The number of hydrogen-bond donors (Lipinski definition) is 2. The molecule has 0 spiro atoms. The number of rotatable bonds is 12. The Balaban J connectivity index is 1.54. The highest BCUT2D eigenvalue weighted by molar-refractivity contribution is 7.86. The SMILES string of the molecule is CCN(Cc1cccc(S(=O)(=O)[O-])c1)c1ccc(C(=C2C=CC(=[N+](CC)Cc3cccc(S(=O)(=O)O)c3)C=C2)c2ccccc2S(=O)(=O)O)cc1.